The van der Waals surface area contributed by atoms with E-state index in [0.717, 1.165) is 0 Å². The number of aromatic nitrogens is 2. The highest BCUT2D eigenvalue weighted by Gasteiger charge is 2.04. The zero-order valence-corrected chi connectivity index (χ0v) is 5.61. The molecule has 0 aromatic carbocycles. The van der Waals surface area contributed by atoms with Crippen LogP contribution in [0.3, 0.4) is 0 Å². The Morgan fingerprint density at radius 3 is 3.00 bits per heavy atom. The lowest BCUT2D eigenvalue weighted by atomic mass is 10.0. The van der Waals surface area contributed by atoms with Crippen molar-refractivity contribution >= 4 is 13.7 Å². The van der Waals surface area contributed by atoms with Gasteiger partial charge in [0, 0.05) is 7.05 Å². The van der Waals surface area contributed by atoms with Crippen LogP contribution in [0.15, 0.2) is 11.5 Å². The van der Waals surface area contributed by atoms with Gasteiger partial charge in [0.25, 0.3) is 0 Å². The van der Waals surface area contributed by atoms with Gasteiger partial charge in [0.15, 0.2) is 0 Å². The molecule has 10 heavy (non-hydrogen) atoms. The molecule has 0 fully saturated rings. The summed E-state index contributed by atoms with van der Waals surface area (Å²) in [7, 11) is 7.08. The van der Waals surface area contributed by atoms with E-state index < -0.39 is 0 Å². The minimum atomic E-state index is 0.185. The number of imidazole rings is 1. The highest BCUT2D eigenvalue weighted by Crippen LogP contribution is 2.14. The second kappa shape index (κ2) is 2.64. The number of nitrogens with zero attached hydrogens (tertiary/aromatic N) is 3. The fourth-order valence-electron chi connectivity index (χ4n) is 0.755. The molecule has 1 aromatic rings. The molecular formula is C5H6BN3O. The average Bonchev–Trinajstić information content (AvgIpc) is 2.30. The van der Waals surface area contributed by atoms with E-state index in [9.17, 15) is 4.91 Å². The van der Waals surface area contributed by atoms with Gasteiger partial charge in [0.05, 0.1) is 19.9 Å². The van der Waals surface area contributed by atoms with Gasteiger partial charge >= 0.3 is 0 Å². The van der Waals surface area contributed by atoms with Gasteiger partial charge in [-0.15, -0.1) is 4.91 Å². The molecule has 1 aromatic heterocycles. The monoisotopic (exact) mass is 135 g/mol. The van der Waals surface area contributed by atoms with Gasteiger partial charge in [-0.2, -0.15) is 0 Å². The maximum Gasteiger partial charge on any atom is 0.216 e. The quantitative estimate of drug-likeness (QED) is 0.437. The van der Waals surface area contributed by atoms with Crippen molar-refractivity contribution in [1.29, 1.82) is 0 Å². The maximum absolute atomic E-state index is 10.0. The standard InChI is InChI=1S/C5H6BN3O/c1-9-3-7-5(8-10)4(9)2-6/h3H,2H2,1H3. The summed E-state index contributed by atoms with van der Waals surface area (Å²) in [5.41, 5.74) is 0.662. The van der Waals surface area contributed by atoms with E-state index in [-0.39, 0.29) is 12.1 Å². The molecule has 0 N–H and O–H groups in total. The van der Waals surface area contributed by atoms with Gasteiger partial charge in [-0.3, -0.25) is 0 Å². The van der Waals surface area contributed by atoms with Gasteiger partial charge in [-0.25, -0.2) is 4.98 Å². The van der Waals surface area contributed by atoms with E-state index in [1.165, 1.54) is 6.33 Å². The lowest BCUT2D eigenvalue weighted by Gasteiger charge is -1.95. The summed E-state index contributed by atoms with van der Waals surface area (Å²) in [5.74, 6) is 0.185. The average molecular weight is 135 g/mol. The van der Waals surface area contributed by atoms with Gasteiger partial charge < -0.3 is 4.57 Å². The van der Waals surface area contributed by atoms with Gasteiger partial charge in [0.1, 0.15) is 0 Å². The Labute approximate surface area is 59.6 Å². The summed E-state index contributed by atoms with van der Waals surface area (Å²) >= 11 is 0. The van der Waals surface area contributed by atoms with Crippen LogP contribution in [0, 0.1) is 4.91 Å². The Hall–Kier alpha value is -1.13. The number of hydrogen-bond acceptors (Lipinski definition) is 3. The molecule has 1 rings (SSSR count). The molecule has 0 bridgehead atoms. The smallest absolute Gasteiger partial charge is 0.216 e. The molecule has 0 aliphatic heterocycles. The number of hydrogen-bond donors (Lipinski definition) is 0. The molecule has 0 aliphatic carbocycles. The highest BCUT2D eigenvalue weighted by molar-refractivity contribution is 6.08. The molecule has 0 saturated heterocycles. The summed E-state index contributed by atoms with van der Waals surface area (Å²) in [6.45, 7) is 0. The van der Waals surface area contributed by atoms with E-state index in [4.69, 9.17) is 7.85 Å². The second-order valence-corrected chi connectivity index (χ2v) is 1.92. The third-order valence-corrected chi connectivity index (χ3v) is 1.32. The third kappa shape index (κ3) is 0.942. The molecule has 0 spiro atoms. The number of nitroso groups, excluding NO2 is 1. The minimum Gasteiger partial charge on any atom is -0.336 e. The van der Waals surface area contributed by atoms with Crippen LogP contribution in [0.2, 0.25) is 0 Å². The Morgan fingerprint density at radius 2 is 2.60 bits per heavy atom. The molecule has 0 unspecified atom stereocenters. The first-order valence-electron chi connectivity index (χ1n) is 2.83. The molecule has 5 heteroatoms. The summed E-state index contributed by atoms with van der Waals surface area (Å²) < 4.78 is 1.68. The molecule has 4 nitrogen and oxygen atoms in total. The maximum atomic E-state index is 10.0. The molecule has 0 saturated carbocycles. The first-order valence-corrected chi connectivity index (χ1v) is 2.83. The van der Waals surface area contributed by atoms with Crippen LogP contribution >= 0.6 is 0 Å². The Morgan fingerprint density at radius 1 is 1.90 bits per heavy atom. The van der Waals surface area contributed by atoms with E-state index in [1.807, 2.05) is 0 Å². The summed E-state index contributed by atoms with van der Waals surface area (Å²) in [6, 6.07) is 0. The zero-order valence-electron chi connectivity index (χ0n) is 5.61. The van der Waals surface area contributed by atoms with Crippen LogP contribution in [0.1, 0.15) is 5.69 Å². The lowest BCUT2D eigenvalue weighted by molar-refractivity contribution is 0.865. The predicted molar refractivity (Wildman–Crippen MR) is 38.1 cm³/mol. The Kier molecular flexibility index (Phi) is 1.84. The SMILES string of the molecule is [B]Cc1c(N=O)ncn1C. The first-order chi connectivity index (χ1) is 4.79. The van der Waals surface area contributed by atoms with Crippen LogP contribution in [0.4, 0.5) is 5.82 Å². The number of rotatable bonds is 2. The molecule has 2 radical (unpaired) electrons. The third-order valence-electron chi connectivity index (χ3n) is 1.32. The van der Waals surface area contributed by atoms with E-state index in [0.29, 0.717) is 5.69 Å². The second-order valence-electron chi connectivity index (χ2n) is 1.92. The fraction of sp³-hybridized carbons (Fsp3) is 0.400. The molecule has 0 aliphatic rings. The minimum absolute atomic E-state index is 0.185. The van der Waals surface area contributed by atoms with Crippen molar-refractivity contribution < 1.29 is 0 Å². The largest absolute Gasteiger partial charge is 0.336 e. The lowest BCUT2D eigenvalue weighted by Crippen LogP contribution is -1.93. The van der Waals surface area contributed by atoms with Crippen LogP contribution in [-0.2, 0) is 13.4 Å². The van der Waals surface area contributed by atoms with Crippen LogP contribution in [0.25, 0.3) is 0 Å². The van der Waals surface area contributed by atoms with Gasteiger partial charge in [0.2, 0.25) is 5.82 Å². The van der Waals surface area contributed by atoms with Crippen LogP contribution in [0.5, 0.6) is 0 Å². The molecule has 0 atom stereocenters. The van der Waals surface area contributed by atoms with Crippen molar-refractivity contribution in [2.45, 2.75) is 6.32 Å². The molecule has 50 valence electrons. The van der Waals surface area contributed by atoms with Gasteiger partial charge in [-0.1, -0.05) is 0 Å². The Bertz CT molecular complexity index is 245. The topological polar surface area (TPSA) is 47.2 Å². The highest BCUT2D eigenvalue weighted by atomic mass is 16.3. The molecular weight excluding hydrogens is 129 g/mol. The van der Waals surface area contributed by atoms with E-state index >= 15 is 0 Å². The van der Waals surface area contributed by atoms with E-state index in [1.54, 1.807) is 11.6 Å². The van der Waals surface area contributed by atoms with Crippen molar-refractivity contribution in [1.82, 2.24) is 9.55 Å². The zero-order chi connectivity index (χ0) is 7.56. The van der Waals surface area contributed by atoms with Crippen LogP contribution in [-0.4, -0.2) is 17.4 Å². The summed E-state index contributed by atoms with van der Waals surface area (Å²) in [6.07, 6.45) is 1.80. The molecule has 1 heterocycles. The first kappa shape index (κ1) is 6.99. The summed E-state index contributed by atoms with van der Waals surface area (Å²) in [5, 5.41) is 2.70. The fourth-order valence-corrected chi connectivity index (χ4v) is 0.755. The molecule has 0 amide bonds. The van der Waals surface area contributed by atoms with Gasteiger partial charge in [-0.05, 0) is 11.5 Å². The van der Waals surface area contributed by atoms with Crippen molar-refractivity contribution in [2.75, 3.05) is 0 Å². The predicted octanol–water partition coefficient (Wildman–Crippen LogP) is 0.486. The van der Waals surface area contributed by atoms with Crippen molar-refractivity contribution in [3.63, 3.8) is 0 Å². The number of aryl methyl sites for hydroxylation is 1. The Balaban J connectivity index is 3.12. The van der Waals surface area contributed by atoms with Crippen molar-refractivity contribution in [3.8, 4) is 0 Å². The normalized spacial score (nSPS) is 9.70. The summed E-state index contributed by atoms with van der Waals surface area (Å²) in [4.78, 5) is 13.7. The van der Waals surface area contributed by atoms with Crippen molar-refractivity contribution in [3.05, 3.63) is 16.9 Å². The van der Waals surface area contributed by atoms with Crippen molar-refractivity contribution in [2.24, 2.45) is 12.2 Å². The van der Waals surface area contributed by atoms with E-state index in [2.05, 4.69) is 10.2 Å². The van der Waals surface area contributed by atoms with Crippen LogP contribution < -0.4 is 0 Å².